The van der Waals surface area contributed by atoms with E-state index in [0.717, 1.165) is 15.5 Å². The van der Waals surface area contributed by atoms with Gasteiger partial charge in [-0.15, -0.1) is 11.8 Å². The van der Waals surface area contributed by atoms with Gasteiger partial charge in [0.1, 0.15) is 6.54 Å². The number of H-pyrrole nitrogens is 1. The Morgan fingerprint density at radius 1 is 1.16 bits per heavy atom. The fraction of sp³-hybridized carbons (Fsp3) is 0.250. The maximum Gasteiger partial charge on any atom is 0.328 e. The van der Waals surface area contributed by atoms with Crippen LogP contribution in [0.2, 0.25) is 0 Å². The van der Waals surface area contributed by atoms with Crippen LogP contribution in [0.15, 0.2) is 57.1 Å². The minimum atomic E-state index is -0.747. The minimum Gasteiger partial charge on any atom is -0.454 e. The molecule has 0 fully saturated rings. The number of amides is 1. The van der Waals surface area contributed by atoms with Gasteiger partial charge in [-0.3, -0.25) is 23.9 Å². The zero-order chi connectivity index (χ0) is 18.1. The normalized spacial score (nSPS) is 10.2. The SMILES string of the molecule is O=C(COC(=O)Cn1ccc(=O)[nH]c1=O)NCCSc1ccccc1. The molecule has 2 N–H and O–H groups in total. The smallest absolute Gasteiger partial charge is 0.328 e. The lowest BCUT2D eigenvalue weighted by molar-refractivity contribution is -0.149. The summed E-state index contributed by atoms with van der Waals surface area (Å²) < 4.78 is 5.78. The van der Waals surface area contributed by atoms with E-state index in [0.29, 0.717) is 12.3 Å². The Kier molecular flexibility index (Phi) is 7.02. The van der Waals surface area contributed by atoms with Gasteiger partial charge in [0.2, 0.25) is 0 Å². The fourth-order valence-corrected chi connectivity index (χ4v) is 2.62. The molecule has 0 radical (unpaired) electrons. The third-order valence-corrected chi connectivity index (χ3v) is 4.01. The van der Waals surface area contributed by atoms with Gasteiger partial charge in [-0.1, -0.05) is 18.2 Å². The molecule has 0 unspecified atom stereocenters. The van der Waals surface area contributed by atoms with Crippen molar-refractivity contribution < 1.29 is 14.3 Å². The van der Waals surface area contributed by atoms with Crippen molar-refractivity contribution in [2.75, 3.05) is 18.9 Å². The molecule has 0 aliphatic heterocycles. The summed E-state index contributed by atoms with van der Waals surface area (Å²) in [6.07, 6.45) is 1.18. The third kappa shape index (κ3) is 6.68. The highest BCUT2D eigenvalue weighted by atomic mass is 32.2. The van der Waals surface area contributed by atoms with Gasteiger partial charge in [-0.25, -0.2) is 4.79 Å². The lowest BCUT2D eigenvalue weighted by Crippen LogP contribution is -2.34. The molecule has 8 nitrogen and oxygen atoms in total. The molecular weight excluding hydrogens is 346 g/mol. The van der Waals surface area contributed by atoms with Crippen molar-refractivity contribution in [1.82, 2.24) is 14.9 Å². The van der Waals surface area contributed by atoms with Gasteiger partial charge >= 0.3 is 11.7 Å². The van der Waals surface area contributed by atoms with Gasteiger partial charge in [-0.05, 0) is 12.1 Å². The van der Waals surface area contributed by atoms with Gasteiger partial charge in [0, 0.05) is 29.5 Å². The summed E-state index contributed by atoms with van der Waals surface area (Å²) in [5.74, 6) is -0.477. The number of thioether (sulfide) groups is 1. The van der Waals surface area contributed by atoms with Crippen LogP contribution in [-0.4, -0.2) is 40.3 Å². The molecule has 1 amide bonds. The number of carbonyl (C=O) groups excluding carboxylic acids is 2. The molecule has 1 aromatic carbocycles. The summed E-state index contributed by atoms with van der Waals surface area (Å²) in [5, 5.41) is 2.64. The van der Waals surface area contributed by atoms with E-state index in [1.54, 1.807) is 11.8 Å². The molecule has 0 saturated carbocycles. The molecule has 0 bridgehead atoms. The lowest BCUT2D eigenvalue weighted by Gasteiger charge is -2.07. The predicted molar refractivity (Wildman–Crippen MR) is 92.5 cm³/mol. The quantitative estimate of drug-likeness (QED) is 0.388. The van der Waals surface area contributed by atoms with E-state index < -0.39 is 29.7 Å². The first kappa shape index (κ1) is 18.5. The molecule has 0 aliphatic rings. The van der Waals surface area contributed by atoms with E-state index in [2.05, 4.69) is 5.32 Å². The number of hydrogen-bond acceptors (Lipinski definition) is 6. The molecule has 2 rings (SSSR count). The van der Waals surface area contributed by atoms with Crippen LogP contribution in [0.4, 0.5) is 0 Å². The number of ether oxygens (including phenoxy) is 1. The van der Waals surface area contributed by atoms with Crippen LogP contribution >= 0.6 is 11.8 Å². The number of nitrogens with one attached hydrogen (secondary N) is 2. The van der Waals surface area contributed by atoms with Crippen molar-refractivity contribution in [3.8, 4) is 0 Å². The number of hydrogen-bond donors (Lipinski definition) is 2. The van der Waals surface area contributed by atoms with Crippen LogP contribution in [-0.2, 0) is 20.9 Å². The molecule has 0 saturated heterocycles. The maximum absolute atomic E-state index is 11.6. The molecule has 1 heterocycles. The number of rotatable bonds is 8. The highest BCUT2D eigenvalue weighted by Gasteiger charge is 2.09. The van der Waals surface area contributed by atoms with Crippen LogP contribution < -0.4 is 16.6 Å². The Morgan fingerprint density at radius 3 is 2.64 bits per heavy atom. The first-order chi connectivity index (χ1) is 12.0. The number of carbonyl (C=O) groups is 2. The number of aromatic amines is 1. The molecule has 0 aliphatic carbocycles. The monoisotopic (exact) mass is 363 g/mol. The highest BCUT2D eigenvalue weighted by Crippen LogP contribution is 2.15. The van der Waals surface area contributed by atoms with Crippen molar-refractivity contribution >= 4 is 23.6 Å². The van der Waals surface area contributed by atoms with E-state index in [4.69, 9.17) is 4.74 Å². The van der Waals surface area contributed by atoms with Crippen LogP contribution in [0, 0.1) is 0 Å². The van der Waals surface area contributed by atoms with Gasteiger partial charge in [0.15, 0.2) is 6.61 Å². The van der Waals surface area contributed by atoms with E-state index in [9.17, 15) is 19.2 Å². The van der Waals surface area contributed by atoms with E-state index >= 15 is 0 Å². The summed E-state index contributed by atoms with van der Waals surface area (Å²) in [6, 6.07) is 10.9. The molecule has 25 heavy (non-hydrogen) atoms. The average molecular weight is 363 g/mol. The molecule has 2 aromatic rings. The van der Waals surface area contributed by atoms with Gasteiger partial charge in [0.05, 0.1) is 0 Å². The van der Waals surface area contributed by atoms with Crippen molar-refractivity contribution in [2.45, 2.75) is 11.4 Å². The van der Waals surface area contributed by atoms with E-state index in [1.807, 2.05) is 35.3 Å². The molecule has 132 valence electrons. The van der Waals surface area contributed by atoms with Crippen LogP contribution in [0.5, 0.6) is 0 Å². The maximum atomic E-state index is 11.6. The fourth-order valence-electron chi connectivity index (χ4n) is 1.83. The van der Waals surface area contributed by atoms with Crippen molar-refractivity contribution in [1.29, 1.82) is 0 Å². The number of benzene rings is 1. The standard InChI is InChI=1S/C16H17N3O5S/c20-13-6-8-19(16(23)18-13)10-15(22)24-11-14(21)17-7-9-25-12-4-2-1-3-5-12/h1-6,8H,7,9-11H2,(H,17,21)(H,18,20,23). The van der Waals surface area contributed by atoms with Crippen molar-refractivity contribution in [3.63, 3.8) is 0 Å². The van der Waals surface area contributed by atoms with E-state index in [1.165, 1.54) is 6.20 Å². The largest absolute Gasteiger partial charge is 0.454 e. The Hall–Kier alpha value is -2.81. The predicted octanol–water partition coefficient (Wildman–Crippen LogP) is -0.0117. The second-order valence-corrected chi connectivity index (χ2v) is 6.08. The molecule has 9 heteroatoms. The summed E-state index contributed by atoms with van der Waals surface area (Å²) in [4.78, 5) is 48.7. The first-order valence-electron chi connectivity index (χ1n) is 7.44. The topological polar surface area (TPSA) is 110 Å². The molecule has 1 aromatic heterocycles. The average Bonchev–Trinajstić information content (AvgIpc) is 2.60. The van der Waals surface area contributed by atoms with Gasteiger partial charge in [-0.2, -0.15) is 0 Å². The first-order valence-corrected chi connectivity index (χ1v) is 8.43. The highest BCUT2D eigenvalue weighted by molar-refractivity contribution is 7.99. The lowest BCUT2D eigenvalue weighted by atomic mass is 10.4. The Balaban J connectivity index is 1.64. The summed E-state index contributed by atoms with van der Waals surface area (Å²) in [7, 11) is 0. The third-order valence-electron chi connectivity index (χ3n) is 3.00. The molecule has 0 spiro atoms. The number of nitrogens with zero attached hydrogens (tertiary/aromatic N) is 1. The second-order valence-electron chi connectivity index (χ2n) is 4.91. The molecule has 0 atom stereocenters. The van der Waals surface area contributed by atoms with Crippen molar-refractivity contribution in [2.24, 2.45) is 0 Å². The van der Waals surface area contributed by atoms with Crippen molar-refractivity contribution in [3.05, 3.63) is 63.4 Å². The van der Waals surface area contributed by atoms with Crippen LogP contribution in [0.3, 0.4) is 0 Å². The Morgan fingerprint density at radius 2 is 1.92 bits per heavy atom. The van der Waals surface area contributed by atoms with Gasteiger partial charge in [0.25, 0.3) is 11.5 Å². The zero-order valence-electron chi connectivity index (χ0n) is 13.3. The zero-order valence-corrected chi connectivity index (χ0v) is 14.1. The number of esters is 1. The minimum absolute atomic E-state index is 0.382. The number of aromatic nitrogens is 2. The van der Waals surface area contributed by atoms with Gasteiger partial charge < -0.3 is 10.1 Å². The summed E-state index contributed by atoms with van der Waals surface area (Å²) in [5.41, 5.74) is -1.27. The van der Waals surface area contributed by atoms with E-state index in [-0.39, 0.29) is 6.54 Å². The summed E-state index contributed by atoms with van der Waals surface area (Å²) >= 11 is 1.60. The Labute approximate surface area is 147 Å². The Bertz CT molecular complexity index is 831. The van der Waals surface area contributed by atoms with Crippen LogP contribution in [0.25, 0.3) is 0 Å². The molecular formula is C16H17N3O5S. The summed E-state index contributed by atoms with van der Waals surface area (Å²) in [6.45, 7) is -0.366. The second kappa shape index (κ2) is 9.48. The van der Waals surface area contributed by atoms with Crippen LogP contribution in [0.1, 0.15) is 0 Å².